The Morgan fingerprint density at radius 3 is 2.13 bits per heavy atom. The van der Waals surface area contributed by atoms with Crippen LogP contribution in [0, 0.1) is 11.8 Å². The Hall–Kier alpha value is -0.530. The lowest BCUT2D eigenvalue weighted by molar-refractivity contribution is -0.137. The van der Waals surface area contributed by atoms with Crippen LogP contribution in [0.2, 0.25) is 0 Å². The SMILES string of the molecule is CC.CC(C)C1CCC(=O)N(C(C)C)C1. The molecule has 2 nitrogen and oxygen atoms in total. The molecule has 0 aromatic carbocycles. The Morgan fingerprint density at radius 1 is 1.20 bits per heavy atom. The molecule has 0 N–H and O–H groups in total. The molecule has 0 bridgehead atoms. The molecule has 0 aromatic rings. The first-order valence-corrected chi connectivity index (χ1v) is 6.31. The van der Waals surface area contributed by atoms with Gasteiger partial charge in [-0.1, -0.05) is 27.7 Å². The number of likely N-dealkylation sites (tertiary alicyclic amines) is 1. The maximum Gasteiger partial charge on any atom is 0.222 e. The molecule has 1 aliphatic heterocycles. The number of hydrogen-bond acceptors (Lipinski definition) is 1. The number of nitrogens with zero attached hydrogens (tertiary/aromatic N) is 1. The van der Waals surface area contributed by atoms with Crippen molar-refractivity contribution in [2.24, 2.45) is 11.8 Å². The van der Waals surface area contributed by atoms with Crippen molar-refractivity contribution in [1.82, 2.24) is 4.90 Å². The minimum Gasteiger partial charge on any atom is -0.340 e. The van der Waals surface area contributed by atoms with Gasteiger partial charge in [0.25, 0.3) is 0 Å². The lowest BCUT2D eigenvalue weighted by Crippen LogP contribution is -2.45. The average Bonchev–Trinajstić information content (AvgIpc) is 2.20. The van der Waals surface area contributed by atoms with Gasteiger partial charge in [-0.3, -0.25) is 4.79 Å². The van der Waals surface area contributed by atoms with E-state index in [4.69, 9.17) is 0 Å². The highest BCUT2D eigenvalue weighted by molar-refractivity contribution is 5.77. The third-order valence-electron chi connectivity index (χ3n) is 3.05. The summed E-state index contributed by atoms with van der Waals surface area (Å²) < 4.78 is 0. The second-order valence-corrected chi connectivity index (χ2v) is 4.68. The Morgan fingerprint density at radius 2 is 1.73 bits per heavy atom. The van der Waals surface area contributed by atoms with Gasteiger partial charge in [0.1, 0.15) is 0 Å². The predicted octanol–water partition coefficient (Wildman–Crippen LogP) is 3.32. The van der Waals surface area contributed by atoms with Crippen LogP contribution in [0.3, 0.4) is 0 Å². The van der Waals surface area contributed by atoms with Gasteiger partial charge in [0.15, 0.2) is 0 Å². The number of carbonyl (C=O) groups excluding carboxylic acids is 1. The van der Waals surface area contributed by atoms with Gasteiger partial charge in [0.2, 0.25) is 5.91 Å². The molecular weight excluding hydrogens is 186 g/mol. The van der Waals surface area contributed by atoms with E-state index in [0.717, 1.165) is 19.4 Å². The maximum absolute atomic E-state index is 11.5. The summed E-state index contributed by atoms with van der Waals surface area (Å²) in [5.74, 6) is 1.75. The van der Waals surface area contributed by atoms with Crippen molar-refractivity contribution in [1.29, 1.82) is 0 Å². The van der Waals surface area contributed by atoms with Crippen molar-refractivity contribution < 1.29 is 4.79 Å². The minimum absolute atomic E-state index is 0.340. The molecule has 1 fully saturated rings. The van der Waals surface area contributed by atoms with Crippen LogP contribution in [-0.2, 0) is 4.79 Å². The third-order valence-corrected chi connectivity index (χ3v) is 3.05. The summed E-state index contributed by atoms with van der Waals surface area (Å²) in [6.07, 6.45) is 1.83. The van der Waals surface area contributed by atoms with Crippen molar-refractivity contribution in [2.75, 3.05) is 6.54 Å². The van der Waals surface area contributed by atoms with E-state index in [1.165, 1.54) is 0 Å². The summed E-state index contributed by atoms with van der Waals surface area (Å²) in [7, 11) is 0. The molecule has 0 spiro atoms. The van der Waals surface area contributed by atoms with Crippen LogP contribution < -0.4 is 0 Å². The molecule has 0 aliphatic carbocycles. The van der Waals surface area contributed by atoms with Crippen molar-refractivity contribution >= 4 is 5.91 Å². The molecule has 0 saturated carbocycles. The number of carbonyl (C=O) groups is 1. The number of piperidine rings is 1. The summed E-state index contributed by atoms with van der Waals surface area (Å²) in [4.78, 5) is 13.6. The predicted molar refractivity (Wildman–Crippen MR) is 65.8 cm³/mol. The van der Waals surface area contributed by atoms with Gasteiger partial charge in [-0.25, -0.2) is 0 Å². The molecule has 1 amide bonds. The smallest absolute Gasteiger partial charge is 0.222 e. The van der Waals surface area contributed by atoms with E-state index in [0.29, 0.717) is 23.8 Å². The highest BCUT2D eigenvalue weighted by atomic mass is 16.2. The van der Waals surface area contributed by atoms with Crippen molar-refractivity contribution in [2.45, 2.75) is 60.4 Å². The quantitative estimate of drug-likeness (QED) is 0.689. The summed E-state index contributed by atoms with van der Waals surface area (Å²) in [5, 5.41) is 0. The first kappa shape index (κ1) is 14.5. The fraction of sp³-hybridized carbons (Fsp3) is 0.923. The van der Waals surface area contributed by atoms with E-state index in [2.05, 4.69) is 27.7 Å². The Kier molecular flexibility index (Phi) is 6.62. The van der Waals surface area contributed by atoms with Gasteiger partial charge in [-0.15, -0.1) is 0 Å². The molecule has 0 radical (unpaired) electrons. The molecule has 1 rings (SSSR count). The lowest BCUT2D eigenvalue weighted by atomic mass is 9.87. The van der Waals surface area contributed by atoms with Crippen LogP contribution in [0.5, 0.6) is 0 Å². The van der Waals surface area contributed by atoms with Gasteiger partial charge >= 0.3 is 0 Å². The largest absolute Gasteiger partial charge is 0.340 e. The van der Waals surface area contributed by atoms with E-state index in [-0.39, 0.29) is 0 Å². The van der Waals surface area contributed by atoms with Crippen LogP contribution >= 0.6 is 0 Å². The summed E-state index contributed by atoms with van der Waals surface area (Å²) in [6, 6.07) is 0.369. The van der Waals surface area contributed by atoms with E-state index < -0.39 is 0 Å². The van der Waals surface area contributed by atoms with E-state index in [1.54, 1.807) is 0 Å². The second-order valence-electron chi connectivity index (χ2n) is 4.68. The molecule has 2 heteroatoms. The number of hydrogen-bond donors (Lipinski definition) is 0. The normalized spacial score (nSPS) is 21.7. The van der Waals surface area contributed by atoms with E-state index >= 15 is 0 Å². The first-order valence-electron chi connectivity index (χ1n) is 6.31. The zero-order chi connectivity index (χ0) is 12.0. The van der Waals surface area contributed by atoms with Crippen LogP contribution in [0.4, 0.5) is 0 Å². The molecule has 0 aromatic heterocycles. The highest BCUT2D eigenvalue weighted by Crippen LogP contribution is 2.25. The molecule has 1 heterocycles. The van der Waals surface area contributed by atoms with Gasteiger partial charge in [0, 0.05) is 19.0 Å². The van der Waals surface area contributed by atoms with Crippen LogP contribution in [0.25, 0.3) is 0 Å². The van der Waals surface area contributed by atoms with Gasteiger partial charge in [0.05, 0.1) is 0 Å². The number of amides is 1. The topological polar surface area (TPSA) is 20.3 Å². The van der Waals surface area contributed by atoms with E-state index in [9.17, 15) is 4.79 Å². The second kappa shape index (κ2) is 6.86. The number of rotatable bonds is 2. The van der Waals surface area contributed by atoms with Gasteiger partial charge in [-0.05, 0) is 32.1 Å². The zero-order valence-electron chi connectivity index (χ0n) is 11.2. The van der Waals surface area contributed by atoms with Crippen LogP contribution in [-0.4, -0.2) is 23.4 Å². The van der Waals surface area contributed by atoms with E-state index in [1.807, 2.05) is 18.7 Å². The third kappa shape index (κ3) is 4.23. The summed E-state index contributed by atoms with van der Waals surface area (Å²) >= 11 is 0. The van der Waals surface area contributed by atoms with Gasteiger partial charge < -0.3 is 4.90 Å². The molecular formula is C13H27NO. The monoisotopic (exact) mass is 213 g/mol. The molecule has 15 heavy (non-hydrogen) atoms. The van der Waals surface area contributed by atoms with Crippen LogP contribution in [0.1, 0.15) is 54.4 Å². The molecule has 1 atom stereocenters. The summed E-state index contributed by atoms with van der Waals surface area (Å²) in [5.41, 5.74) is 0. The standard InChI is InChI=1S/C11H21NO.C2H6/c1-8(2)10-5-6-11(13)12(7-10)9(3)4;1-2/h8-10H,5-7H2,1-4H3;1-2H3. The van der Waals surface area contributed by atoms with Crippen LogP contribution in [0.15, 0.2) is 0 Å². The molecule has 90 valence electrons. The fourth-order valence-corrected chi connectivity index (χ4v) is 1.94. The zero-order valence-corrected chi connectivity index (χ0v) is 11.2. The Labute approximate surface area is 95.0 Å². The highest BCUT2D eigenvalue weighted by Gasteiger charge is 2.28. The lowest BCUT2D eigenvalue weighted by Gasteiger charge is -2.37. The van der Waals surface area contributed by atoms with Crippen molar-refractivity contribution in [3.63, 3.8) is 0 Å². The molecule has 1 aliphatic rings. The molecule has 1 unspecified atom stereocenters. The van der Waals surface area contributed by atoms with Crippen molar-refractivity contribution in [3.05, 3.63) is 0 Å². The fourth-order valence-electron chi connectivity index (χ4n) is 1.94. The summed E-state index contributed by atoms with van der Waals surface area (Å²) in [6.45, 7) is 13.7. The van der Waals surface area contributed by atoms with Crippen molar-refractivity contribution in [3.8, 4) is 0 Å². The van der Waals surface area contributed by atoms with Gasteiger partial charge in [-0.2, -0.15) is 0 Å². The molecule has 1 saturated heterocycles. The Balaban J connectivity index is 0.000000921. The first-order chi connectivity index (χ1) is 7.02. The minimum atomic E-state index is 0.340. The maximum atomic E-state index is 11.5. The average molecular weight is 213 g/mol. The Bertz CT molecular complexity index is 187.